The van der Waals surface area contributed by atoms with Crippen molar-refractivity contribution >= 4 is 19.8 Å². The second kappa shape index (κ2) is 41.0. The molecule has 0 fully saturated rings. The van der Waals surface area contributed by atoms with Crippen LogP contribution in [-0.4, -0.2) is 76.9 Å². The largest absolute Gasteiger partial charge is 0.472 e. The van der Waals surface area contributed by atoms with Crippen LogP contribution in [0.5, 0.6) is 0 Å². The minimum atomic E-state index is -4.67. The smallest absolute Gasteiger partial charge is 0.462 e. The van der Waals surface area contributed by atoms with Gasteiger partial charge in [0.05, 0.1) is 25.9 Å². The lowest BCUT2D eigenvalue weighted by atomic mass is 10.0. The number of allylic oxidation sites excluding steroid dienone is 9. The number of hydrogen-bond acceptors (Lipinski definition) is 10. The van der Waals surface area contributed by atoms with Crippen LogP contribution >= 0.6 is 7.82 Å². The van der Waals surface area contributed by atoms with Crippen molar-refractivity contribution in [2.75, 3.05) is 26.4 Å². The molecule has 0 aromatic rings. The van der Waals surface area contributed by atoms with Crippen LogP contribution in [0.3, 0.4) is 0 Å². The summed E-state index contributed by atoms with van der Waals surface area (Å²) in [5.74, 6) is -0.310. The number of unbranched alkanes of at least 4 members (excludes halogenated alkanes) is 14. The Balaban J connectivity index is 4.44. The molecule has 11 nitrogen and oxygen atoms in total. The van der Waals surface area contributed by atoms with Gasteiger partial charge in [0.1, 0.15) is 12.7 Å². The van der Waals surface area contributed by atoms with Crippen molar-refractivity contribution in [2.45, 2.75) is 193 Å². The number of carbonyl (C=O) groups is 2. The van der Waals surface area contributed by atoms with Crippen molar-refractivity contribution in [3.8, 4) is 0 Å². The zero-order valence-corrected chi connectivity index (χ0v) is 37.9. The summed E-state index contributed by atoms with van der Waals surface area (Å²) in [6, 6.07) is 0. The first-order chi connectivity index (χ1) is 28.5. The van der Waals surface area contributed by atoms with Crippen LogP contribution in [0.25, 0.3) is 0 Å². The molecule has 0 heterocycles. The van der Waals surface area contributed by atoms with Crippen molar-refractivity contribution in [1.29, 1.82) is 0 Å². The van der Waals surface area contributed by atoms with Crippen molar-refractivity contribution in [3.05, 3.63) is 60.8 Å². The fraction of sp³-hybridized carbons (Fsp3) is 0.745. The lowest BCUT2D eigenvalue weighted by Crippen LogP contribution is -2.30. The summed E-state index contributed by atoms with van der Waals surface area (Å²) in [7, 11) is -4.67. The Morgan fingerprint density at radius 2 is 1.08 bits per heavy atom. The van der Waals surface area contributed by atoms with E-state index < -0.39 is 64.5 Å². The van der Waals surface area contributed by atoms with Gasteiger partial charge in [-0.15, -0.1) is 0 Å². The van der Waals surface area contributed by atoms with E-state index in [9.17, 15) is 29.3 Å². The lowest BCUT2D eigenvalue weighted by molar-refractivity contribution is -0.161. The SMILES string of the molecule is CC/C=C\C/C=C\C/C=C\C/C=C\C=C\C(O)CCCC(=O)OC[C@H](COP(=O)(O)OC[C@@H](O)CO)OC(=O)CCCCCCCCCCCCCCCCCC(C)C. The number of esters is 2. The molecule has 0 spiro atoms. The van der Waals surface area contributed by atoms with Gasteiger partial charge in [0.25, 0.3) is 0 Å². The first-order valence-corrected chi connectivity index (χ1v) is 24.2. The van der Waals surface area contributed by atoms with Gasteiger partial charge in [-0.25, -0.2) is 4.57 Å². The molecule has 0 saturated heterocycles. The predicted molar refractivity (Wildman–Crippen MR) is 239 cm³/mol. The van der Waals surface area contributed by atoms with Crippen LogP contribution < -0.4 is 0 Å². The van der Waals surface area contributed by atoms with Crippen LogP contribution in [0.2, 0.25) is 0 Å². The van der Waals surface area contributed by atoms with E-state index >= 15 is 0 Å². The van der Waals surface area contributed by atoms with Crippen LogP contribution in [0.4, 0.5) is 0 Å². The summed E-state index contributed by atoms with van der Waals surface area (Å²) in [5.41, 5.74) is 0. The number of phosphoric acid groups is 1. The average molecular weight is 855 g/mol. The molecule has 0 aliphatic heterocycles. The average Bonchev–Trinajstić information content (AvgIpc) is 3.20. The molecule has 4 atom stereocenters. The third-order valence-corrected chi connectivity index (χ3v) is 10.4. The maximum atomic E-state index is 12.6. The third kappa shape index (κ3) is 42.1. The second-order valence-electron chi connectivity index (χ2n) is 15.7. The van der Waals surface area contributed by atoms with E-state index in [-0.39, 0.29) is 12.8 Å². The highest BCUT2D eigenvalue weighted by atomic mass is 31.2. The Hall–Kier alpha value is -2.37. The Morgan fingerprint density at radius 3 is 1.63 bits per heavy atom. The Labute approximate surface area is 358 Å². The Kier molecular flexibility index (Phi) is 39.4. The molecule has 0 aromatic carbocycles. The number of aliphatic hydroxyl groups excluding tert-OH is 3. The van der Waals surface area contributed by atoms with Crippen molar-refractivity contribution in [1.82, 2.24) is 0 Å². The molecule has 0 radical (unpaired) electrons. The highest BCUT2D eigenvalue weighted by Crippen LogP contribution is 2.43. The monoisotopic (exact) mass is 855 g/mol. The van der Waals surface area contributed by atoms with Gasteiger partial charge >= 0.3 is 19.8 Å². The maximum absolute atomic E-state index is 12.6. The Morgan fingerprint density at radius 1 is 0.593 bits per heavy atom. The van der Waals surface area contributed by atoms with Crippen LogP contribution in [0.1, 0.15) is 175 Å². The molecule has 0 aliphatic rings. The second-order valence-corrected chi connectivity index (χ2v) is 17.2. The summed E-state index contributed by atoms with van der Waals surface area (Å²) in [4.78, 5) is 35.1. The molecule has 0 bridgehead atoms. The molecule has 342 valence electrons. The minimum Gasteiger partial charge on any atom is -0.462 e. The molecule has 4 N–H and O–H groups in total. The molecule has 12 heteroatoms. The number of ether oxygens (including phenoxy) is 2. The van der Waals surface area contributed by atoms with Gasteiger partial charge in [0.2, 0.25) is 0 Å². The van der Waals surface area contributed by atoms with Crippen molar-refractivity contribution in [2.24, 2.45) is 5.92 Å². The Bertz CT molecular complexity index is 1200. The van der Waals surface area contributed by atoms with Crippen molar-refractivity contribution < 1.29 is 52.9 Å². The van der Waals surface area contributed by atoms with Gasteiger partial charge in [-0.05, 0) is 50.9 Å². The van der Waals surface area contributed by atoms with Crippen LogP contribution in [0.15, 0.2) is 60.8 Å². The summed E-state index contributed by atoms with van der Waals surface area (Å²) in [6.07, 6.45) is 40.8. The molecule has 0 amide bonds. The first-order valence-electron chi connectivity index (χ1n) is 22.7. The maximum Gasteiger partial charge on any atom is 0.472 e. The summed E-state index contributed by atoms with van der Waals surface area (Å²) >= 11 is 0. The van der Waals surface area contributed by atoms with E-state index in [0.29, 0.717) is 19.3 Å². The van der Waals surface area contributed by atoms with E-state index in [0.717, 1.165) is 50.9 Å². The van der Waals surface area contributed by atoms with E-state index in [1.165, 1.54) is 77.0 Å². The number of hydrogen-bond donors (Lipinski definition) is 4. The van der Waals surface area contributed by atoms with Crippen LogP contribution in [-0.2, 0) is 32.7 Å². The van der Waals surface area contributed by atoms with E-state index in [4.69, 9.17) is 19.1 Å². The number of phosphoric ester groups is 1. The molecule has 59 heavy (non-hydrogen) atoms. The summed E-state index contributed by atoms with van der Waals surface area (Å²) in [5, 5.41) is 28.6. The third-order valence-electron chi connectivity index (χ3n) is 9.47. The topological polar surface area (TPSA) is 169 Å². The lowest BCUT2D eigenvalue weighted by Gasteiger charge is -2.20. The van der Waals surface area contributed by atoms with Gasteiger partial charge in [-0.3, -0.25) is 18.6 Å². The molecule has 2 unspecified atom stereocenters. The van der Waals surface area contributed by atoms with Crippen LogP contribution in [0, 0.1) is 5.92 Å². The molecule has 0 rings (SSSR count). The highest BCUT2D eigenvalue weighted by molar-refractivity contribution is 7.47. The van der Waals surface area contributed by atoms with Gasteiger partial charge < -0.3 is 29.7 Å². The predicted octanol–water partition coefficient (Wildman–Crippen LogP) is 11.1. The molecule has 0 aliphatic carbocycles. The summed E-state index contributed by atoms with van der Waals surface area (Å²) in [6.45, 7) is 4.39. The molecule has 0 saturated carbocycles. The fourth-order valence-corrected chi connectivity index (χ4v) is 6.76. The van der Waals surface area contributed by atoms with Gasteiger partial charge in [-0.2, -0.15) is 0 Å². The minimum absolute atomic E-state index is 0.00975. The number of aliphatic hydroxyl groups is 3. The number of rotatable bonds is 41. The van der Waals surface area contributed by atoms with Gasteiger partial charge in [0.15, 0.2) is 6.10 Å². The molecular weight excluding hydrogens is 771 g/mol. The highest BCUT2D eigenvalue weighted by Gasteiger charge is 2.27. The van der Waals surface area contributed by atoms with Gasteiger partial charge in [0, 0.05) is 12.8 Å². The normalized spacial score (nSPS) is 15.0. The quantitative estimate of drug-likeness (QED) is 0.0152. The molecule has 0 aromatic heterocycles. The standard InChI is InChI=1S/C47H83O11P/c1-4-5-6-7-8-9-10-14-18-21-24-27-30-34-43(49)35-32-37-46(51)55-40-45(41-57-59(53,54)56-39-44(50)38-48)58-47(52)36-31-28-25-22-19-16-13-11-12-15-17-20-23-26-29-33-42(2)3/h5-6,8-9,14,18,24,27,30,34,42-45,48-50H,4,7,10-13,15-17,19-23,25-26,28-29,31-33,35-41H2,1-3H3,(H,53,54)/b6-5-,9-8-,18-14-,27-24-,34-30+/t43?,44-,45+/m0/s1. The van der Waals surface area contributed by atoms with E-state index in [1.807, 2.05) is 12.2 Å². The van der Waals surface area contributed by atoms with Crippen molar-refractivity contribution in [3.63, 3.8) is 0 Å². The zero-order chi connectivity index (χ0) is 43.7. The summed E-state index contributed by atoms with van der Waals surface area (Å²) < 4.78 is 32.6. The van der Waals surface area contributed by atoms with E-state index in [1.54, 1.807) is 12.2 Å². The first kappa shape index (κ1) is 56.6. The fourth-order valence-electron chi connectivity index (χ4n) is 5.97. The number of carbonyl (C=O) groups excluding carboxylic acids is 2. The van der Waals surface area contributed by atoms with Gasteiger partial charge in [-0.1, -0.05) is 178 Å². The molecular formula is C47H83O11P. The zero-order valence-electron chi connectivity index (χ0n) is 37.0. The van der Waals surface area contributed by atoms with E-state index in [2.05, 4.69) is 61.8 Å².